The number of halogens is 1. The second-order valence-electron chi connectivity index (χ2n) is 7.66. The highest BCUT2D eigenvalue weighted by molar-refractivity contribution is 5.91. The van der Waals surface area contributed by atoms with E-state index in [4.69, 9.17) is 4.42 Å². The van der Waals surface area contributed by atoms with Gasteiger partial charge in [-0.2, -0.15) is 0 Å². The molecule has 0 aliphatic carbocycles. The number of hydrogen-bond acceptors (Lipinski definition) is 2. The van der Waals surface area contributed by atoms with Crippen molar-refractivity contribution >= 4 is 5.91 Å². The van der Waals surface area contributed by atoms with Crippen LogP contribution in [0.3, 0.4) is 0 Å². The maximum Gasteiger partial charge on any atom is 0.289 e. The predicted molar refractivity (Wildman–Crippen MR) is 109 cm³/mol. The first-order valence-corrected chi connectivity index (χ1v) is 10.2. The SMILES string of the molecule is O=C(c1ccc(C[NH+](Cc2ccccc2)Cc2ccc(F)cc2)o1)N1CCCC1. The van der Waals surface area contributed by atoms with Gasteiger partial charge in [0.25, 0.3) is 5.91 Å². The molecule has 5 heteroatoms. The van der Waals surface area contributed by atoms with Gasteiger partial charge in [0.15, 0.2) is 11.5 Å². The topological polar surface area (TPSA) is 37.9 Å². The zero-order chi connectivity index (χ0) is 20.1. The third-order valence-electron chi connectivity index (χ3n) is 5.35. The monoisotopic (exact) mass is 393 g/mol. The van der Waals surface area contributed by atoms with Crippen molar-refractivity contribution in [2.75, 3.05) is 13.1 Å². The molecule has 0 spiro atoms. The summed E-state index contributed by atoms with van der Waals surface area (Å²) in [5.74, 6) is 0.967. The minimum Gasteiger partial charge on any atom is -0.450 e. The van der Waals surface area contributed by atoms with E-state index >= 15 is 0 Å². The van der Waals surface area contributed by atoms with Crippen molar-refractivity contribution in [2.45, 2.75) is 32.5 Å². The molecule has 4 rings (SSSR count). The lowest BCUT2D eigenvalue weighted by atomic mass is 10.1. The van der Waals surface area contributed by atoms with Crippen molar-refractivity contribution in [3.63, 3.8) is 0 Å². The van der Waals surface area contributed by atoms with E-state index < -0.39 is 0 Å². The van der Waals surface area contributed by atoms with Crippen LogP contribution < -0.4 is 4.90 Å². The Morgan fingerprint density at radius 3 is 2.21 bits per heavy atom. The van der Waals surface area contributed by atoms with Gasteiger partial charge >= 0.3 is 0 Å². The van der Waals surface area contributed by atoms with E-state index in [0.29, 0.717) is 12.3 Å². The second-order valence-corrected chi connectivity index (χ2v) is 7.66. The van der Waals surface area contributed by atoms with Crippen LogP contribution in [-0.4, -0.2) is 23.9 Å². The molecule has 0 bridgehead atoms. The summed E-state index contributed by atoms with van der Waals surface area (Å²) < 4.78 is 19.2. The Hall–Kier alpha value is -2.92. The molecule has 1 saturated heterocycles. The van der Waals surface area contributed by atoms with Gasteiger partial charge in [-0.15, -0.1) is 0 Å². The highest BCUT2D eigenvalue weighted by atomic mass is 19.1. The molecular weight excluding hydrogens is 367 g/mol. The number of nitrogens with zero attached hydrogens (tertiary/aromatic N) is 1. The van der Waals surface area contributed by atoms with Crippen LogP contribution in [0.2, 0.25) is 0 Å². The molecule has 1 aromatic heterocycles. The molecule has 1 aliphatic heterocycles. The molecule has 4 nitrogen and oxygen atoms in total. The summed E-state index contributed by atoms with van der Waals surface area (Å²) in [4.78, 5) is 15.7. The Bertz CT molecular complexity index is 931. The molecule has 1 aliphatic rings. The van der Waals surface area contributed by atoms with Crippen LogP contribution in [0.5, 0.6) is 0 Å². The van der Waals surface area contributed by atoms with E-state index in [-0.39, 0.29) is 11.7 Å². The van der Waals surface area contributed by atoms with Gasteiger partial charge in [0.1, 0.15) is 25.5 Å². The lowest BCUT2D eigenvalue weighted by Gasteiger charge is -2.19. The van der Waals surface area contributed by atoms with Gasteiger partial charge in [-0.1, -0.05) is 42.5 Å². The van der Waals surface area contributed by atoms with Crippen LogP contribution in [0.4, 0.5) is 4.39 Å². The zero-order valence-corrected chi connectivity index (χ0v) is 16.4. The molecule has 0 radical (unpaired) electrons. The lowest BCUT2D eigenvalue weighted by Crippen LogP contribution is -3.08. The number of rotatable bonds is 7. The van der Waals surface area contributed by atoms with Crippen molar-refractivity contribution in [1.82, 2.24) is 4.90 Å². The molecule has 3 aromatic rings. The highest BCUT2D eigenvalue weighted by Crippen LogP contribution is 2.15. The summed E-state index contributed by atoms with van der Waals surface area (Å²) >= 11 is 0. The number of furan rings is 1. The van der Waals surface area contributed by atoms with Crippen molar-refractivity contribution in [3.8, 4) is 0 Å². The summed E-state index contributed by atoms with van der Waals surface area (Å²) in [6.07, 6.45) is 2.12. The fraction of sp³-hybridized carbons (Fsp3) is 0.292. The van der Waals surface area contributed by atoms with Crippen LogP contribution in [0.15, 0.2) is 71.1 Å². The fourth-order valence-electron chi connectivity index (χ4n) is 3.87. The largest absolute Gasteiger partial charge is 0.450 e. The minimum absolute atomic E-state index is 0.0168. The summed E-state index contributed by atoms with van der Waals surface area (Å²) in [6, 6.07) is 20.6. The Labute approximate surface area is 170 Å². The van der Waals surface area contributed by atoms with Crippen LogP contribution in [0, 0.1) is 5.82 Å². The molecule has 2 heterocycles. The van der Waals surface area contributed by atoms with E-state index in [1.165, 1.54) is 22.6 Å². The number of carbonyl (C=O) groups excluding carboxylic acids is 1. The number of likely N-dealkylation sites (tertiary alicyclic amines) is 1. The molecule has 1 atom stereocenters. The number of hydrogen-bond donors (Lipinski definition) is 1. The Balaban J connectivity index is 1.48. The highest BCUT2D eigenvalue weighted by Gasteiger charge is 2.23. The maximum atomic E-state index is 13.3. The standard InChI is InChI=1S/C24H25FN2O2/c25-21-10-8-20(9-11-21)17-26(16-19-6-2-1-3-7-19)18-22-12-13-23(29-22)24(28)27-14-4-5-15-27/h1-3,6-13H,4-5,14-18H2/p+1. The molecule has 0 saturated carbocycles. The van der Waals surface area contributed by atoms with Crippen molar-refractivity contribution < 1.29 is 18.5 Å². The quantitative estimate of drug-likeness (QED) is 0.668. The molecule has 1 amide bonds. The second kappa shape index (κ2) is 9.05. The van der Waals surface area contributed by atoms with Crippen molar-refractivity contribution in [1.29, 1.82) is 0 Å². The van der Waals surface area contributed by atoms with Gasteiger partial charge < -0.3 is 14.2 Å². The average molecular weight is 393 g/mol. The van der Waals surface area contributed by atoms with E-state index in [1.54, 1.807) is 6.07 Å². The summed E-state index contributed by atoms with van der Waals surface area (Å²) in [5.41, 5.74) is 2.29. The fourth-order valence-corrected chi connectivity index (χ4v) is 3.87. The summed E-state index contributed by atoms with van der Waals surface area (Å²) in [6.45, 7) is 3.83. The Kier molecular flexibility index (Phi) is 6.06. The van der Waals surface area contributed by atoms with Gasteiger partial charge in [-0.05, 0) is 37.1 Å². The van der Waals surface area contributed by atoms with Crippen molar-refractivity contribution in [2.24, 2.45) is 0 Å². The number of quaternary nitrogens is 1. The summed E-state index contributed by atoms with van der Waals surface area (Å²) in [7, 11) is 0. The predicted octanol–water partition coefficient (Wildman–Crippen LogP) is 3.44. The van der Waals surface area contributed by atoms with Crippen LogP contribution >= 0.6 is 0 Å². The number of nitrogens with one attached hydrogen (secondary N) is 1. The molecule has 150 valence electrons. The third kappa shape index (κ3) is 5.12. The first-order chi connectivity index (χ1) is 14.2. The van der Waals surface area contributed by atoms with Crippen LogP contribution in [0.1, 0.15) is 40.3 Å². The van der Waals surface area contributed by atoms with Gasteiger partial charge in [0, 0.05) is 24.2 Å². The molecule has 1 fully saturated rings. The number of benzene rings is 2. The van der Waals surface area contributed by atoms with Gasteiger partial charge in [0.05, 0.1) is 0 Å². The molecule has 1 unspecified atom stereocenters. The molecular formula is C24H26FN2O2+. The smallest absolute Gasteiger partial charge is 0.289 e. The minimum atomic E-state index is -0.227. The molecule has 1 N–H and O–H groups in total. The van der Waals surface area contributed by atoms with E-state index in [1.807, 2.05) is 41.3 Å². The Morgan fingerprint density at radius 1 is 0.862 bits per heavy atom. The lowest BCUT2D eigenvalue weighted by molar-refractivity contribution is -0.942. The maximum absolute atomic E-state index is 13.3. The third-order valence-corrected chi connectivity index (χ3v) is 5.35. The molecule has 2 aromatic carbocycles. The Morgan fingerprint density at radius 2 is 1.52 bits per heavy atom. The normalized spacial score (nSPS) is 14.9. The first-order valence-electron chi connectivity index (χ1n) is 10.2. The molecule has 29 heavy (non-hydrogen) atoms. The van der Waals surface area contributed by atoms with Gasteiger partial charge in [0.2, 0.25) is 0 Å². The first kappa shape index (κ1) is 19.4. The number of amides is 1. The van der Waals surface area contributed by atoms with Crippen molar-refractivity contribution in [3.05, 3.63) is 95.2 Å². The summed E-state index contributed by atoms with van der Waals surface area (Å²) in [5, 5.41) is 0. The number of carbonyl (C=O) groups is 1. The average Bonchev–Trinajstić information content (AvgIpc) is 3.42. The van der Waals surface area contributed by atoms with E-state index in [0.717, 1.165) is 50.3 Å². The van der Waals surface area contributed by atoms with E-state index in [9.17, 15) is 9.18 Å². The van der Waals surface area contributed by atoms with Gasteiger partial charge in [-0.25, -0.2) is 4.39 Å². The van der Waals surface area contributed by atoms with E-state index in [2.05, 4.69) is 12.1 Å². The van der Waals surface area contributed by atoms with Gasteiger partial charge in [-0.3, -0.25) is 4.79 Å². The zero-order valence-electron chi connectivity index (χ0n) is 16.4. The van der Waals surface area contributed by atoms with Crippen LogP contribution in [-0.2, 0) is 19.6 Å². The van der Waals surface area contributed by atoms with Crippen LogP contribution in [0.25, 0.3) is 0 Å².